The first kappa shape index (κ1) is 25.4. The molecule has 2 amide bonds. The molecule has 1 saturated carbocycles. The molecule has 1 unspecified atom stereocenters. The third-order valence-electron chi connectivity index (χ3n) is 5.97. The van der Waals surface area contributed by atoms with Crippen molar-refractivity contribution in [3.63, 3.8) is 0 Å². The smallest absolute Gasteiger partial charge is 0.387 e. The van der Waals surface area contributed by atoms with Gasteiger partial charge in [-0.1, -0.05) is 0 Å². The second kappa shape index (κ2) is 11.8. The second-order valence-corrected chi connectivity index (χ2v) is 9.08. The van der Waals surface area contributed by atoms with E-state index in [0.717, 1.165) is 25.7 Å². The standard InChI is InChI=1S/C26H30F2N4O4/c1-17(33)30-21-7-9-22(10-8-21)31-25(34)20-3-2-12-32(15-20)29-14-19-6-11-23(36-26(27)28)24(13-19)35-16-18-4-5-18/h6-11,13-14,18,20,26H,2-5,12,15-16H2,1H3,(H,30,33)(H,31,34)/b29-14+. The van der Waals surface area contributed by atoms with Crippen LogP contribution in [0.4, 0.5) is 20.2 Å². The number of carbonyl (C=O) groups is 2. The summed E-state index contributed by atoms with van der Waals surface area (Å²) < 4.78 is 35.8. The van der Waals surface area contributed by atoms with Gasteiger partial charge >= 0.3 is 6.61 Å². The number of halogens is 2. The lowest BCUT2D eigenvalue weighted by Crippen LogP contribution is -2.38. The van der Waals surface area contributed by atoms with Gasteiger partial charge in [0.2, 0.25) is 11.8 Å². The Balaban J connectivity index is 1.34. The van der Waals surface area contributed by atoms with E-state index >= 15 is 0 Å². The number of piperidine rings is 1. The number of ether oxygens (including phenoxy) is 2. The predicted octanol–water partition coefficient (Wildman–Crippen LogP) is 4.72. The average Bonchev–Trinajstić information content (AvgIpc) is 3.68. The topological polar surface area (TPSA) is 92.3 Å². The molecule has 0 bridgehead atoms. The zero-order chi connectivity index (χ0) is 25.5. The molecular formula is C26H30F2N4O4. The number of amides is 2. The summed E-state index contributed by atoms with van der Waals surface area (Å²) >= 11 is 0. The Morgan fingerprint density at radius 2 is 1.81 bits per heavy atom. The number of benzene rings is 2. The van der Waals surface area contributed by atoms with Crippen molar-refractivity contribution in [2.75, 3.05) is 30.3 Å². The summed E-state index contributed by atoms with van der Waals surface area (Å²) in [5.74, 6) is 0.258. The van der Waals surface area contributed by atoms with Crippen molar-refractivity contribution in [1.82, 2.24) is 5.01 Å². The molecule has 2 fully saturated rings. The molecule has 4 rings (SSSR count). The molecule has 1 atom stereocenters. The lowest BCUT2D eigenvalue weighted by Gasteiger charge is -2.29. The summed E-state index contributed by atoms with van der Waals surface area (Å²) in [6.07, 6.45) is 5.36. The Hall–Kier alpha value is -3.69. The molecule has 8 nitrogen and oxygen atoms in total. The van der Waals surface area contributed by atoms with E-state index in [1.165, 1.54) is 13.0 Å². The van der Waals surface area contributed by atoms with Crippen molar-refractivity contribution in [1.29, 1.82) is 0 Å². The lowest BCUT2D eigenvalue weighted by molar-refractivity contribution is -0.121. The highest BCUT2D eigenvalue weighted by atomic mass is 19.3. The van der Waals surface area contributed by atoms with Crippen molar-refractivity contribution in [2.45, 2.75) is 39.2 Å². The molecule has 1 aliphatic carbocycles. The largest absolute Gasteiger partial charge is 0.489 e. The first-order chi connectivity index (χ1) is 17.4. The van der Waals surface area contributed by atoms with Gasteiger partial charge in [-0.25, -0.2) is 0 Å². The SMILES string of the molecule is CC(=O)Nc1ccc(NC(=O)C2CCCN(/N=C/c3ccc(OC(F)F)c(OCC4CC4)c3)C2)cc1. The number of rotatable bonds is 10. The summed E-state index contributed by atoms with van der Waals surface area (Å²) in [5, 5.41) is 12.0. The Kier molecular flexibility index (Phi) is 8.35. The van der Waals surface area contributed by atoms with Gasteiger partial charge in [0.1, 0.15) is 0 Å². The third-order valence-corrected chi connectivity index (χ3v) is 5.97. The van der Waals surface area contributed by atoms with Crippen molar-refractivity contribution in [3.05, 3.63) is 48.0 Å². The fourth-order valence-electron chi connectivity index (χ4n) is 3.91. The van der Waals surface area contributed by atoms with Gasteiger partial charge in [0, 0.05) is 31.4 Å². The van der Waals surface area contributed by atoms with E-state index in [0.29, 0.717) is 42.6 Å². The maximum absolute atomic E-state index is 12.8. The van der Waals surface area contributed by atoms with Crippen LogP contribution in [0, 0.1) is 11.8 Å². The molecule has 192 valence electrons. The van der Waals surface area contributed by atoms with Gasteiger partial charge in [-0.3, -0.25) is 14.6 Å². The van der Waals surface area contributed by atoms with E-state index in [1.54, 1.807) is 42.6 Å². The predicted molar refractivity (Wildman–Crippen MR) is 133 cm³/mol. The summed E-state index contributed by atoms with van der Waals surface area (Å²) in [7, 11) is 0. The molecule has 10 heteroatoms. The van der Waals surface area contributed by atoms with Crippen LogP contribution in [0.3, 0.4) is 0 Å². The molecule has 2 aliphatic rings. The number of carbonyl (C=O) groups excluding carboxylic acids is 2. The van der Waals surface area contributed by atoms with Gasteiger partial charge in [-0.2, -0.15) is 13.9 Å². The molecule has 1 saturated heterocycles. The first-order valence-electron chi connectivity index (χ1n) is 12.0. The van der Waals surface area contributed by atoms with Gasteiger partial charge in [0.25, 0.3) is 0 Å². The van der Waals surface area contributed by atoms with E-state index in [1.807, 2.05) is 5.01 Å². The highest BCUT2D eigenvalue weighted by Crippen LogP contribution is 2.34. The fourth-order valence-corrected chi connectivity index (χ4v) is 3.91. The maximum Gasteiger partial charge on any atom is 0.387 e. The highest BCUT2D eigenvalue weighted by Gasteiger charge is 2.26. The minimum absolute atomic E-state index is 0.00242. The Bertz CT molecular complexity index is 1090. The van der Waals surface area contributed by atoms with Crippen LogP contribution < -0.4 is 20.1 Å². The quantitative estimate of drug-likeness (QED) is 0.461. The number of anilines is 2. The lowest BCUT2D eigenvalue weighted by atomic mass is 9.98. The molecule has 0 spiro atoms. The Morgan fingerprint density at radius 1 is 1.08 bits per heavy atom. The molecule has 0 aromatic heterocycles. The van der Waals surface area contributed by atoms with Crippen molar-refractivity contribution < 1.29 is 27.8 Å². The van der Waals surface area contributed by atoms with Gasteiger partial charge in [0.05, 0.1) is 18.7 Å². The highest BCUT2D eigenvalue weighted by molar-refractivity contribution is 5.93. The van der Waals surface area contributed by atoms with Crippen LogP contribution in [0.5, 0.6) is 11.5 Å². The zero-order valence-corrected chi connectivity index (χ0v) is 20.1. The molecular weight excluding hydrogens is 470 g/mol. The number of hydrazone groups is 1. The monoisotopic (exact) mass is 500 g/mol. The van der Waals surface area contributed by atoms with E-state index in [-0.39, 0.29) is 29.2 Å². The van der Waals surface area contributed by atoms with Crippen LogP contribution in [0.2, 0.25) is 0 Å². The van der Waals surface area contributed by atoms with E-state index in [2.05, 4.69) is 20.5 Å². The Labute approximate surface area is 208 Å². The van der Waals surface area contributed by atoms with Crippen molar-refractivity contribution >= 4 is 29.4 Å². The molecule has 0 radical (unpaired) electrons. The van der Waals surface area contributed by atoms with Crippen LogP contribution in [-0.2, 0) is 9.59 Å². The fraction of sp³-hybridized carbons (Fsp3) is 0.423. The van der Waals surface area contributed by atoms with E-state index in [9.17, 15) is 18.4 Å². The van der Waals surface area contributed by atoms with Gasteiger partial charge in [-0.05, 0) is 79.6 Å². The van der Waals surface area contributed by atoms with Crippen LogP contribution in [0.1, 0.15) is 38.2 Å². The number of hydrogen-bond donors (Lipinski definition) is 2. The molecule has 2 N–H and O–H groups in total. The van der Waals surface area contributed by atoms with Crippen molar-refractivity contribution in [2.24, 2.45) is 16.9 Å². The molecule has 2 aromatic rings. The number of alkyl halides is 2. The number of nitrogens with zero attached hydrogens (tertiary/aromatic N) is 2. The van der Waals surface area contributed by atoms with Crippen LogP contribution in [-0.4, -0.2) is 49.3 Å². The van der Waals surface area contributed by atoms with Crippen LogP contribution >= 0.6 is 0 Å². The van der Waals surface area contributed by atoms with Crippen molar-refractivity contribution in [3.8, 4) is 11.5 Å². The number of hydrogen-bond acceptors (Lipinski definition) is 6. The summed E-state index contributed by atoms with van der Waals surface area (Å²) in [4.78, 5) is 23.9. The van der Waals surface area contributed by atoms with Crippen LogP contribution in [0.15, 0.2) is 47.6 Å². The maximum atomic E-state index is 12.8. The second-order valence-electron chi connectivity index (χ2n) is 9.08. The zero-order valence-electron chi connectivity index (χ0n) is 20.1. The minimum atomic E-state index is -2.93. The van der Waals surface area contributed by atoms with E-state index < -0.39 is 6.61 Å². The normalized spacial score (nSPS) is 17.8. The third kappa shape index (κ3) is 7.66. The number of nitrogens with one attached hydrogen (secondary N) is 2. The molecule has 1 heterocycles. The summed E-state index contributed by atoms with van der Waals surface area (Å²) in [6.45, 7) is 0.150. The van der Waals surface area contributed by atoms with Crippen LogP contribution in [0.25, 0.3) is 0 Å². The summed E-state index contributed by atoms with van der Waals surface area (Å²) in [5.41, 5.74) is 2.00. The molecule has 1 aliphatic heterocycles. The van der Waals surface area contributed by atoms with Gasteiger partial charge in [-0.15, -0.1) is 0 Å². The van der Waals surface area contributed by atoms with Gasteiger partial charge in [0.15, 0.2) is 11.5 Å². The van der Waals surface area contributed by atoms with E-state index in [4.69, 9.17) is 4.74 Å². The minimum Gasteiger partial charge on any atom is -0.489 e. The summed E-state index contributed by atoms with van der Waals surface area (Å²) in [6, 6.07) is 11.7. The molecule has 36 heavy (non-hydrogen) atoms. The first-order valence-corrected chi connectivity index (χ1v) is 12.0. The Morgan fingerprint density at radius 3 is 2.47 bits per heavy atom. The molecule has 2 aromatic carbocycles. The van der Waals surface area contributed by atoms with Gasteiger partial charge < -0.3 is 20.1 Å². The average molecular weight is 501 g/mol.